The van der Waals surface area contributed by atoms with Gasteiger partial charge in [-0.15, -0.1) is 0 Å². The van der Waals surface area contributed by atoms with Gasteiger partial charge in [0.1, 0.15) is 0 Å². The summed E-state index contributed by atoms with van der Waals surface area (Å²) < 4.78 is 10.3. The average Bonchev–Trinajstić information content (AvgIpc) is 2.00. The molecule has 0 N–H and O–H groups in total. The van der Waals surface area contributed by atoms with Crippen LogP contribution in [0.2, 0.25) is 0 Å². The molecule has 14 heavy (non-hydrogen) atoms. The molecule has 0 aliphatic carbocycles. The zero-order chi connectivity index (χ0) is 11.1. The van der Waals surface area contributed by atoms with E-state index in [1.165, 1.54) is 0 Å². The number of carbonyl (C=O) groups excluding carboxylic acids is 1. The fourth-order valence-electron chi connectivity index (χ4n) is 1.29. The average molecular weight is 202 g/mol. The predicted molar refractivity (Wildman–Crippen MR) is 56.1 cm³/mol. The Labute approximate surface area is 86.8 Å². The highest BCUT2D eigenvalue weighted by atomic mass is 16.5. The number of rotatable bonds is 6. The molecule has 0 aromatic rings. The van der Waals surface area contributed by atoms with E-state index in [0.29, 0.717) is 12.3 Å². The van der Waals surface area contributed by atoms with Gasteiger partial charge in [0, 0.05) is 7.11 Å². The number of esters is 1. The topological polar surface area (TPSA) is 35.5 Å². The summed E-state index contributed by atoms with van der Waals surface area (Å²) in [6.45, 7) is 7.92. The van der Waals surface area contributed by atoms with Crippen LogP contribution in [0, 0.1) is 5.92 Å². The van der Waals surface area contributed by atoms with Crippen molar-refractivity contribution in [2.45, 2.75) is 52.7 Å². The van der Waals surface area contributed by atoms with Crippen LogP contribution < -0.4 is 0 Å². The lowest BCUT2D eigenvalue weighted by Crippen LogP contribution is -2.21. The normalized spacial score (nSPS) is 13.4. The van der Waals surface area contributed by atoms with E-state index in [9.17, 15) is 4.79 Å². The molecule has 0 unspecified atom stereocenters. The summed E-state index contributed by atoms with van der Waals surface area (Å²) in [4.78, 5) is 11.3. The van der Waals surface area contributed by atoms with E-state index in [0.717, 1.165) is 6.42 Å². The van der Waals surface area contributed by atoms with Crippen molar-refractivity contribution in [3.63, 3.8) is 0 Å². The highest BCUT2D eigenvalue weighted by molar-refractivity contribution is 5.70. The first-order chi connectivity index (χ1) is 6.45. The molecule has 0 radical (unpaired) electrons. The Morgan fingerprint density at radius 1 is 1.21 bits per heavy atom. The molecule has 0 rings (SSSR count). The number of ether oxygens (including phenoxy) is 2. The van der Waals surface area contributed by atoms with Crippen LogP contribution in [0.5, 0.6) is 0 Å². The number of carbonyl (C=O) groups is 1. The third-order valence-corrected chi connectivity index (χ3v) is 1.83. The third-order valence-electron chi connectivity index (χ3n) is 1.83. The van der Waals surface area contributed by atoms with Crippen molar-refractivity contribution >= 4 is 5.97 Å². The van der Waals surface area contributed by atoms with Crippen LogP contribution in [0.15, 0.2) is 0 Å². The Kier molecular flexibility index (Phi) is 6.54. The first kappa shape index (κ1) is 13.4. The second-order valence-electron chi connectivity index (χ2n) is 4.23. The van der Waals surface area contributed by atoms with Gasteiger partial charge in [0.15, 0.2) is 0 Å². The summed E-state index contributed by atoms with van der Waals surface area (Å²) in [7, 11) is 1.63. The Balaban J connectivity index is 3.86. The monoisotopic (exact) mass is 202 g/mol. The van der Waals surface area contributed by atoms with E-state index in [4.69, 9.17) is 9.47 Å². The number of hydrogen-bond donors (Lipinski definition) is 0. The molecule has 1 atom stereocenters. The fraction of sp³-hybridized carbons (Fsp3) is 0.909. The molecule has 3 heteroatoms. The molecule has 0 bridgehead atoms. The molecular weight excluding hydrogens is 180 g/mol. The fourth-order valence-corrected chi connectivity index (χ4v) is 1.29. The summed E-state index contributed by atoms with van der Waals surface area (Å²) in [6.07, 6.45) is 1.19. The second-order valence-corrected chi connectivity index (χ2v) is 4.23. The number of methoxy groups -OCH3 is 1. The summed E-state index contributed by atoms with van der Waals surface area (Å²) >= 11 is 0. The van der Waals surface area contributed by atoms with Gasteiger partial charge < -0.3 is 9.47 Å². The van der Waals surface area contributed by atoms with Crippen molar-refractivity contribution in [1.82, 2.24) is 0 Å². The van der Waals surface area contributed by atoms with Gasteiger partial charge in [-0.1, -0.05) is 13.8 Å². The van der Waals surface area contributed by atoms with Gasteiger partial charge in [-0.25, -0.2) is 0 Å². The summed E-state index contributed by atoms with van der Waals surface area (Å²) in [5.74, 6) is 0.360. The van der Waals surface area contributed by atoms with E-state index < -0.39 is 0 Å². The SMILES string of the molecule is CO[C@@H](CC(=O)OC(C)C)CC(C)C. The van der Waals surface area contributed by atoms with Crippen molar-refractivity contribution in [3.05, 3.63) is 0 Å². The lowest BCUT2D eigenvalue weighted by atomic mass is 10.0. The molecular formula is C11H22O3. The minimum atomic E-state index is -0.174. The van der Waals surface area contributed by atoms with Crippen molar-refractivity contribution in [2.75, 3.05) is 7.11 Å². The molecule has 0 aliphatic heterocycles. The van der Waals surface area contributed by atoms with Crippen LogP contribution >= 0.6 is 0 Å². The molecule has 84 valence electrons. The zero-order valence-corrected chi connectivity index (χ0v) is 9.87. The molecule has 0 aromatic heterocycles. The molecule has 0 aromatic carbocycles. The smallest absolute Gasteiger partial charge is 0.308 e. The maximum absolute atomic E-state index is 11.3. The van der Waals surface area contributed by atoms with Crippen LogP contribution in [0.25, 0.3) is 0 Å². The molecule has 0 fully saturated rings. The molecule has 0 saturated carbocycles. The Morgan fingerprint density at radius 3 is 2.14 bits per heavy atom. The summed E-state index contributed by atoms with van der Waals surface area (Å²) in [5, 5.41) is 0. The van der Waals surface area contributed by atoms with Gasteiger partial charge in [-0.2, -0.15) is 0 Å². The highest BCUT2D eigenvalue weighted by Gasteiger charge is 2.16. The molecule has 3 nitrogen and oxygen atoms in total. The van der Waals surface area contributed by atoms with E-state index in [1.54, 1.807) is 7.11 Å². The minimum absolute atomic E-state index is 0.0127. The van der Waals surface area contributed by atoms with Crippen molar-refractivity contribution in [2.24, 2.45) is 5.92 Å². The molecule has 0 aliphatic rings. The van der Waals surface area contributed by atoms with E-state index >= 15 is 0 Å². The van der Waals surface area contributed by atoms with Gasteiger partial charge >= 0.3 is 5.97 Å². The van der Waals surface area contributed by atoms with Gasteiger partial charge in [-0.3, -0.25) is 4.79 Å². The summed E-state index contributed by atoms with van der Waals surface area (Å²) in [5.41, 5.74) is 0. The van der Waals surface area contributed by atoms with Crippen molar-refractivity contribution < 1.29 is 14.3 Å². The highest BCUT2D eigenvalue weighted by Crippen LogP contribution is 2.12. The van der Waals surface area contributed by atoms with Crippen LogP contribution in [0.3, 0.4) is 0 Å². The zero-order valence-electron chi connectivity index (χ0n) is 9.87. The molecule has 0 saturated heterocycles. The van der Waals surface area contributed by atoms with Crippen LogP contribution in [-0.2, 0) is 14.3 Å². The van der Waals surface area contributed by atoms with E-state index in [1.807, 2.05) is 13.8 Å². The van der Waals surface area contributed by atoms with Crippen molar-refractivity contribution in [1.29, 1.82) is 0 Å². The largest absolute Gasteiger partial charge is 0.463 e. The first-order valence-corrected chi connectivity index (χ1v) is 5.18. The Bertz CT molecular complexity index is 164. The first-order valence-electron chi connectivity index (χ1n) is 5.18. The van der Waals surface area contributed by atoms with Gasteiger partial charge in [-0.05, 0) is 26.2 Å². The van der Waals surface area contributed by atoms with Crippen LogP contribution in [0.1, 0.15) is 40.5 Å². The maximum Gasteiger partial charge on any atom is 0.308 e. The van der Waals surface area contributed by atoms with Gasteiger partial charge in [0.2, 0.25) is 0 Å². The third kappa shape index (κ3) is 6.89. The standard InChI is InChI=1S/C11H22O3/c1-8(2)6-10(13-5)7-11(12)14-9(3)4/h8-10H,6-7H2,1-5H3/t10-/m1/s1. The lowest BCUT2D eigenvalue weighted by Gasteiger charge is -2.17. The Hall–Kier alpha value is -0.570. The van der Waals surface area contributed by atoms with Crippen LogP contribution in [0.4, 0.5) is 0 Å². The van der Waals surface area contributed by atoms with Crippen molar-refractivity contribution in [3.8, 4) is 0 Å². The maximum atomic E-state index is 11.3. The van der Waals surface area contributed by atoms with Crippen LogP contribution in [-0.4, -0.2) is 25.3 Å². The Morgan fingerprint density at radius 2 is 1.79 bits per heavy atom. The molecule has 0 heterocycles. The number of hydrogen-bond acceptors (Lipinski definition) is 3. The quantitative estimate of drug-likeness (QED) is 0.620. The van der Waals surface area contributed by atoms with Gasteiger partial charge in [0.05, 0.1) is 18.6 Å². The predicted octanol–water partition coefficient (Wildman–Crippen LogP) is 2.39. The van der Waals surface area contributed by atoms with Gasteiger partial charge in [0.25, 0.3) is 0 Å². The second kappa shape index (κ2) is 6.82. The lowest BCUT2D eigenvalue weighted by molar-refractivity contribution is -0.150. The molecule has 0 spiro atoms. The van der Waals surface area contributed by atoms with E-state index in [-0.39, 0.29) is 18.2 Å². The molecule has 0 amide bonds. The summed E-state index contributed by atoms with van der Waals surface area (Å²) in [6, 6.07) is 0. The van der Waals surface area contributed by atoms with E-state index in [2.05, 4.69) is 13.8 Å². The minimum Gasteiger partial charge on any atom is -0.463 e.